The maximum Gasteiger partial charge on any atom is 0.285 e. The van der Waals surface area contributed by atoms with E-state index in [1.807, 2.05) is 27.7 Å². The highest BCUT2D eigenvalue weighted by molar-refractivity contribution is 5.30. The SMILES string of the molecule is CCOc1ccc(C(F)(F)CNC(C)(C)C)cc1. The molecule has 0 aliphatic rings. The summed E-state index contributed by atoms with van der Waals surface area (Å²) in [7, 11) is 0. The van der Waals surface area contributed by atoms with E-state index in [4.69, 9.17) is 4.74 Å². The van der Waals surface area contributed by atoms with Gasteiger partial charge in [0.05, 0.1) is 13.2 Å². The molecule has 0 radical (unpaired) electrons. The van der Waals surface area contributed by atoms with Gasteiger partial charge in [0.25, 0.3) is 5.92 Å². The summed E-state index contributed by atoms with van der Waals surface area (Å²) >= 11 is 0. The summed E-state index contributed by atoms with van der Waals surface area (Å²) in [6.45, 7) is 7.60. The third-order valence-electron chi connectivity index (χ3n) is 2.43. The molecule has 0 spiro atoms. The fourth-order valence-electron chi connectivity index (χ4n) is 1.44. The van der Waals surface area contributed by atoms with Crippen molar-refractivity contribution in [3.63, 3.8) is 0 Å². The summed E-state index contributed by atoms with van der Waals surface area (Å²) in [6, 6.07) is 5.97. The Morgan fingerprint density at radius 1 is 1.11 bits per heavy atom. The van der Waals surface area contributed by atoms with E-state index in [2.05, 4.69) is 5.32 Å². The molecule has 18 heavy (non-hydrogen) atoms. The minimum Gasteiger partial charge on any atom is -0.494 e. The van der Waals surface area contributed by atoms with Crippen LogP contribution in [0, 0.1) is 0 Å². The third-order valence-corrected chi connectivity index (χ3v) is 2.43. The molecule has 0 bridgehead atoms. The van der Waals surface area contributed by atoms with E-state index < -0.39 is 5.92 Å². The predicted molar refractivity (Wildman–Crippen MR) is 69.3 cm³/mol. The molecule has 102 valence electrons. The maximum absolute atomic E-state index is 13.9. The van der Waals surface area contributed by atoms with E-state index in [1.54, 1.807) is 12.1 Å². The van der Waals surface area contributed by atoms with Crippen LogP contribution < -0.4 is 10.1 Å². The Kier molecular flexibility index (Phi) is 4.68. The highest BCUT2D eigenvalue weighted by Gasteiger charge is 2.32. The summed E-state index contributed by atoms with van der Waals surface area (Å²) in [4.78, 5) is 0. The fraction of sp³-hybridized carbons (Fsp3) is 0.571. The van der Waals surface area contributed by atoms with E-state index in [-0.39, 0.29) is 17.6 Å². The average Bonchev–Trinajstić information content (AvgIpc) is 2.27. The molecule has 0 aliphatic heterocycles. The van der Waals surface area contributed by atoms with Gasteiger partial charge in [-0.1, -0.05) is 0 Å². The Morgan fingerprint density at radius 2 is 1.67 bits per heavy atom. The lowest BCUT2D eigenvalue weighted by molar-refractivity contribution is -0.00863. The molecule has 1 aromatic rings. The van der Waals surface area contributed by atoms with Gasteiger partial charge < -0.3 is 10.1 Å². The van der Waals surface area contributed by atoms with Crippen LogP contribution in [0.25, 0.3) is 0 Å². The van der Waals surface area contributed by atoms with Crippen LogP contribution in [0.5, 0.6) is 5.75 Å². The lowest BCUT2D eigenvalue weighted by atomic mass is 10.1. The fourth-order valence-corrected chi connectivity index (χ4v) is 1.44. The van der Waals surface area contributed by atoms with Crippen molar-refractivity contribution in [2.75, 3.05) is 13.2 Å². The first kappa shape index (κ1) is 14.9. The van der Waals surface area contributed by atoms with Gasteiger partial charge in [0.1, 0.15) is 5.75 Å². The van der Waals surface area contributed by atoms with Gasteiger partial charge in [0.15, 0.2) is 0 Å². The summed E-state index contributed by atoms with van der Waals surface area (Å²) in [5, 5.41) is 2.82. The molecule has 0 atom stereocenters. The van der Waals surface area contributed by atoms with Crippen molar-refractivity contribution >= 4 is 0 Å². The molecule has 0 saturated carbocycles. The van der Waals surface area contributed by atoms with Crippen molar-refractivity contribution in [1.29, 1.82) is 0 Å². The lowest BCUT2D eigenvalue weighted by Crippen LogP contribution is -2.42. The van der Waals surface area contributed by atoms with Gasteiger partial charge in [-0.25, -0.2) is 0 Å². The number of hydrogen-bond donors (Lipinski definition) is 1. The molecule has 0 aromatic heterocycles. The van der Waals surface area contributed by atoms with Crippen LogP contribution in [0.2, 0.25) is 0 Å². The van der Waals surface area contributed by atoms with Gasteiger partial charge in [0, 0.05) is 11.1 Å². The molecule has 1 aromatic carbocycles. The molecular formula is C14H21F2NO. The van der Waals surface area contributed by atoms with Crippen LogP contribution in [-0.4, -0.2) is 18.7 Å². The van der Waals surface area contributed by atoms with Gasteiger partial charge in [-0.15, -0.1) is 0 Å². The van der Waals surface area contributed by atoms with E-state index in [0.29, 0.717) is 12.4 Å². The van der Waals surface area contributed by atoms with Crippen molar-refractivity contribution < 1.29 is 13.5 Å². The summed E-state index contributed by atoms with van der Waals surface area (Å²) in [6.07, 6.45) is 0. The summed E-state index contributed by atoms with van der Waals surface area (Å²) in [5.74, 6) is -2.27. The highest BCUT2D eigenvalue weighted by atomic mass is 19.3. The standard InChI is InChI=1S/C14H21F2NO/c1-5-18-12-8-6-11(7-9-12)14(15,16)10-17-13(2,3)4/h6-9,17H,5,10H2,1-4H3. The van der Waals surface area contributed by atoms with Crippen LogP contribution in [0.15, 0.2) is 24.3 Å². The predicted octanol–water partition coefficient (Wildman–Crippen LogP) is 3.57. The molecule has 4 heteroatoms. The second-order valence-corrected chi connectivity index (χ2v) is 5.27. The molecule has 0 amide bonds. The molecule has 1 N–H and O–H groups in total. The first-order valence-corrected chi connectivity index (χ1v) is 6.11. The summed E-state index contributed by atoms with van der Waals surface area (Å²) < 4.78 is 33.0. The zero-order valence-corrected chi connectivity index (χ0v) is 11.4. The lowest BCUT2D eigenvalue weighted by Gasteiger charge is -2.25. The second-order valence-electron chi connectivity index (χ2n) is 5.27. The van der Waals surface area contributed by atoms with E-state index in [1.165, 1.54) is 12.1 Å². The first-order valence-electron chi connectivity index (χ1n) is 6.11. The largest absolute Gasteiger partial charge is 0.494 e. The normalized spacial score (nSPS) is 12.6. The average molecular weight is 257 g/mol. The van der Waals surface area contributed by atoms with Crippen molar-refractivity contribution in [2.45, 2.75) is 39.2 Å². The zero-order valence-electron chi connectivity index (χ0n) is 11.4. The number of hydrogen-bond acceptors (Lipinski definition) is 2. The second kappa shape index (κ2) is 5.65. The Bertz CT molecular complexity index is 368. The minimum atomic E-state index is -2.88. The minimum absolute atomic E-state index is 0.00250. The molecule has 0 saturated heterocycles. The first-order chi connectivity index (χ1) is 8.24. The van der Waals surface area contributed by atoms with Gasteiger partial charge >= 0.3 is 0 Å². The zero-order chi connectivity index (χ0) is 13.8. The van der Waals surface area contributed by atoms with Gasteiger partial charge in [-0.05, 0) is 52.0 Å². The molecule has 0 heterocycles. The van der Waals surface area contributed by atoms with Crippen molar-refractivity contribution in [2.24, 2.45) is 0 Å². The molecule has 0 aliphatic carbocycles. The van der Waals surface area contributed by atoms with Crippen LogP contribution in [-0.2, 0) is 5.92 Å². The van der Waals surface area contributed by atoms with Gasteiger partial charge in [-0.3, -0.25) is 0 Å². The van der Waals surface area contributed by atoms with Crippen molar-refractivity contribution in [1.82, 2.24) is 5.32 Å². The molecule has 1 rings (SSSR count). The van der Waals surface area contributed by atoms with Crippen LogP contribution in [0.4, 0.5) is 8.78 Å². The van der Waals surface area contributed by atoms with Crippen LogP contribution in [0.1, 0.15) is 33.3 Å². The maximum atomic E-state index is 13.9. The highest BCUT2D eigenvalue weighted by Crippen LogP contribution is 2.29. The van der Waals surface area contributed by atoms with Crippen LogP contribution in [0.3, 0.4) is 0 Å². The monoisotopic (exact) mass is 257 g/mol. The van der Waals surface area contributed by atoms with Crippen molar-refractivity contribution in [3.05, 3.63) is 29.8 Å². The number of nitrogens with one attached hydrogen (secondary N) is 1. The number of benzene rings is 1. The number of ether oxygens (including phenoxy) is 1. The number of rotatable bonds is 5. The third kappa shape index (κ3) is 4.61. The van der Waals surface area contributed by atoms with Gasteiger partial charge in [-0.2, -0.15) is 8.78 Å². The number of alkyl halides is 2. The molecule has 2 nitrogen and oxygen atoms in total. The Morgan fingerprint density at radius 3 is 2.11 bits per heavy atom. The molecule has 0 unspecified atom stereocenters. The molecule has 0 fully saturated rings. The number of halogens is 2. The van der Waals surface area contributed by atoms with Gasteiger partial charge in [0.2, 0.25) is 0 Å². The topological polar surface area (TPSA) is 21.3 Å². The molecular weight excluding hydrogens is 236 g/mol. The van der Waals surface area contributed by atoms with Crippen LogP contribution >= 0.6 is 0 Å². The smallest absolute Gasteiger partial charge is 0.285 e. The van der Waals surface area contributed by atoms with E-state index >= 15 is 0 Å². The van der Waals surface area contributed by atoms with E-state index in [9.17, 15) is 8.78 Å². The Balaban J connectivity index is 2.72. The van der Waals surface area contributed by atoms with Crippen molar-refractivity contribution in [3.8, 4) is 5.75 Å². The Hall–Kier alpha value is -1.16. The Labute approximate surface area is 107 Å². The van der Waals surface area contributed by atoms with E-state index in [0.717, 1.165) is 0 Å². The summed E-state index contributed by atoms with van der Waals surface area (Å²) in [5.41, 5.74) is -0.322. The quantitative estimate of drug-likeness (QED) is 0.870.